The van der Waals surface area contributed by atoms with Crippen LogP contribution in [0.15, 0.2) is 0 Å². The van der Waals surface area contributed by atoms with Gasteiger partial charge in [0.05, 0.1) is 0 Å². The average molecular weight is 242 g/mol. The summed E-state index contributed by atoms with van der Waals surface area (Å²) in [5.74, 6) is 0. The quantitative estimate of drug-likeness (QED) is 0.601. The van der Waals surface area contributed by atoms with E-state index in [1.807, 2.05) is 13.8 Å². The highest BCUT2D eigenvalue weighted by Gasteiger charge is 1.96. The predicted molar refractivity (Wildman–Crippen MR) is 77.6 cm³/mol. The Morgan fingerprint density at radius 3 is 0.706 bits per heavy atom. The van der Waals surface area contributed by atoms with Gasteiger partial charge in [-0.25, -0.2) is 0 Å². The van der Waals surface area contributed by atoms with E-state index in [0.717, 1.165) is 13.2 Å². The fourth-order valence-electron chi connectivity index (χ4n) is 2.33. The van der Waals surface area contributed by atoms with Crippen molar-refractivity contribution in [2.75, 3.05) is 13.2 Å². The Balaban J connectivity index is 0.000000228. The van der Waals surface area contributed by atoms with Gasteiger partial charge in [-0.05, 0) is 13.8 Å². The molecule has 0 aliphatic heterocycles. The lowest BCUT2D eigenvalue weighted by atomic mass is 10.0. The molecule has 0 unspecified atom stereocenters. The molecule has 1 nitrogen and oxygen atoms in total. The summed E-state index contributed by atoms with van der Waals surface area (Å²) in [7, 11) is 0. The van der Waals surface area contributed by atoms with Crippen molar-refractivity contribution in [1.29, 1.82) is 0 Å². The Morgan fingerprint density at radius 1 is 0.471 bits per heavy atom. The molecule has 2 saturated carbocycles. The molecule has 2 fully saturated rings. The van der Waals surface area contributed by atoms with Crippen LogP contribution < -0.4 is 0 Å². The normalized spacial score (nSPS) is 19.4. The predicted octanol–water partition coefficient (Wildman–Crippen LogP) is 5.72. The molecule has 104 valence electrons. The van der Waals surface area contributed by atoms with Gasteiger partial charge in [0.1, 0.15) is 0 Å². The number of hydrogen-bond donors (Lipinski definition) is 0. The van der Waals surface area contributed by atoms with Gasteiger partial charge < -0.3 is 4.74 Å². The maximum atomic E-state index is 4.83. The zero-order valence-electron chi connectivity index (χ0n) is 12.3. The molecule has 2 rings (SSSR count). The largest absolute Gasteiger partial charge is 0.382 e. The van der Waals surface area contributed by atoms with Gasteiger partial charge >= 0.3 is 0 Å². The third kappa shape index (κ3) is 16.0. The fraction of sp³-hybridized carbons (Fsp3) is 1.00. The lowest BCUT2D eigenvalue weighted by molar-refractivity contribution is 0.162. The van der Waals surface area contributed by atoms with Crippen LogP contribution >= 0.6 is 0 Å². The van der Waals surface area contributed by atoms with Crippen molar-refractivity contribution >= 4 is 0 Å². The van der Waals surface area contributed by atoms with E-state index in [0.29, 0.717) is 0 Å². The molecule has 0 aromatic heterocycles. The van der Waals surface area contributed by atoms with Crippen LogP contribution in [0.3, 0.4) is 0 Å². The van der Waals surface area contributed by atoms with Crippen LogP contribution in [0.2, 0.25) is 0 Å². The molecular weight excluding hydrogens is 208 g/mol. The summed E-state index contributed by atoms with van der Waals surface area (Å²) in [5, 5.41) is 0. The fourth-order valence-corrected chi connectivity index (χ4v) is 2.33. The van der Waals surface area contributed by atoms with Gasteiger partial charge in [-0.2, -0.15) is 0 Å². The van der Waals surface area contributed by atoms with Crippen molar-refractivity contribution in [2.24, 2.45) is 0 Å². The van der Waals surface area contributed by atoms with E-state index in [4.69, 9.17) is 4.74 Å². The van der Waals surface area contributed by atoms with E-state index in [1.165, 1.54) is 77.0 Å². The molecule has 0 aromatic rings. The Bertz CT molecular complexity index is 77.7. The van der Waals surface area contributed by atoms with Crippen molar-refractivity contribution in [3.05, 3.63) is 0 Å². The molecule has 17 heavy (non-hydrogen) atoms. The third-order valence-electron chi connectivity index (χ3n) is 3.41. The van der Waals surface area contributed by atoms with Crippen LogP contribution in [0, 0.1) is 0 Å². The molecule has 0 atom stereocenters. The highest BCUT2D eigenvalue weighted by molar-refractivity contribution is 4.51. The van der Waals surface area contributed by atoms with E-state index in [9.17, 15) is 0 Å². The van der Waals surface area contributed by atoms with E-state index in [-0.39, 0.29) is 0 Å². The first-order chi connectivity index (χ1) is 8.41. The van der Waals surface area contributed by atoms with Gasteiger partial charge in [0.25, 0.3) is 0 Å². The molecule has 0 radical (unpaired) electrons. The zero-order valence-corrected chi connectivity index (χ0v) is 12.3. The molecular formula is C16H34O. The van der Waals surface area contributed by atoms with Crippen LogP contribution in [0.1, 0.15) is 90.9 Å². The summed E-state index contributed by atoms with van der Waals surface area (Å²) in [5.41, 5.74) is 0. The highest BCUT2D eigenvalue weighted by Crippen LogP contribution is 2.15. The molecule has 0 bridgehead atoms. The second-order valence-corrected chi connectivity index (χ2v) is 5.02. The molecule has 0 spiro atoms. The SMILES string of the molecule is C1CCCCC1.C1CCCCC1.CCOCC. The van der Waals surface area contributed by atoms with E-state index >= 15 is 0 Å². The first kappa shape index (κ1) is 17.0. The van der Waals surface area contributed by atoms with Gasteiger partial charge in [-0.15, -0.1) is 0 Å². The van der Waals surface area contributed by atoms with Gasteiger partial charge in [0, 0.05) is 13.2 Å². The van der Waals surface area contributed by atoms with Crippen LogP contribution in [0.5, 0.6) is 0 Å². The Kier molecular flexibility index (Phi) is 15.9. The maximum Gasteiger partial charge on any atom is 0.0437 e. The van der Waals surface area contributed by atoms with Crippen LogP contribution in [-0.4, -0.2) is 13.2 Å². The summed E-state index contributed by atoms with van der Waals surface area (Å²) in [4.78, 5) is 0. The summed E-state index contributed by atoms with van der Waals surface area (Å²) in [6, 6.07) is 0. The molecule has 2 aliphatic carbocycles. The first-order valence-corrected chi connectivity index (χ1v) is 7.99. The molecule has 0 aromatic carbocycles. The Morgan fingerprint density at radius 2 is 0.647 bits per heavy atom. The van der Waals surface area contributed by atoms with Crippen molar-refractivity contribution in [2.45, 2.75) is 90.9 Å². The Labute approximate surface area is 109 Å². The second-order valence-electron chi connectivity index (χ2n) is 5.02. The smallest absolute Gasteiger partial charge is 0.0437 e. The van der Waals surface area contributed by atoms with Crippen molar-refractivity contribution < 1.29 is 4.74 Å². The molecule has 2 aliphatic rings. The standard InChI is InChI=1S/2C6H12.C4H10O/c2*1-2-4-6-5-3-1;1-3-5-4-2/h2*1-6H2;3-4H2,1-2H3. The van der Waals surface area contributed by atoms with Crippen LogP contribution in [0.4, 0.5) is 0 Å². The lowest BCUT2D eigenvalue weighted by Gasteiger charge is -2.05. The number of hydrogen-bond acceptors (Lipinski definition) is 1. The van der Waals surface area contributed by atoms with Crippen molar-refractivity contribution in [3.8, 4) is 0 Å². The second kappa shape index (κ2) is 16.0. The van der Waals surface area contributed by atoms with Crippen molar-refractivity contribution in [3.63, 3.8) is 0 Å². The minimum absolute atomic E-state index is 0.844. The minimum atomic E-state index is 0.844. The summed E-state index contributed by atoms with van der Waals surface area (Å²) >= 11 is 0. The van der Waals surface area contributed by atoms with Gasteiger partial charge in [0.15, 0.2) is 0 Å². The Hall–Kier alpha value is -0.0400. The summed E-state index contributed by atoms with van der Waals surface area (Å²) in [6.45, 7) is 5.67. The summed E-state index contributed by atoms with van der Waals surface area (Å²) in [6.07, 6.45) is 18.0. The highest BCUT2D eigenvalue weighted by atomic mass is 16.5. The van der Waals surface area contributed by atoms with E-state index in [2.05, 4.69) is 0 Å². The number of ether oxygens (including phenoxy) is 1. The van der Waals surface area contributed by atoms with Crippen molar-refractivity contribution in [1.82, 2.24) is 0 Å². The molecule has 1 heteroatoms. The zero-order chi connectivity index (χ0) is 12.6. The van der Waals surface area contributed by atoms with Crippen LogP contribution in [0.25, 0.3) is 0 Å². The molecule has 0 amide bonds. The van der Waals surface area contributed by atoms with Gasteiger partial charge in [-0.1, -0.05) is 77.0 Å². The topological polar surface area (TPSA) is 9.23 Å². The lowest BCUT2D eigenvalue weighted by Crippen LogP contribution is -1.85. The maximum absolute atomic E-state index is 4.83. The van der Waals surface area contributed by atoms with Gasteiger partial charge in [0.2, 0.25) is 0 Å². The minimum Gasteiger partial charge on any atom is -0.382 e. The summed E-state index contributed by atoms with van der Waals surface area (Å²) < 4.78 is 4.83. The molecule has 0 saturated heterocycles. The monoisotopic (exact) mass is 242 g/mol. The third-order valence-corrected chi connectivity index (χ3v) is 3.41. The number of rotatable bonds is 2. The van der Waals surface area contributed by atoms with E-state index in [1.54, 1.807) is 0 Å². The van der Waals surface area contributed by atoms with Gasteiger partial charge in [-0.3, -0.25) is 0 Å². The van der Waals surface area contributed by atoms with Crippen LogP contribution in [-0.2, 0) is 4.74 Å². The molecule has 0 N–H and O–H groups in total. The van der Waals surface area contributed by atoms with E-state index < -0.39 is 0 Å². The molecule has 0 heterocycles. The average Bonchev–Trinajstić information content (AvgIpc) is 2.45. The first-order valence-electron chi connectivity index (χ1n) is 7.99.